The van der Waals surface area contributed by atoms with Gasteiger partial charge >= 0.3 is 0 Å². The molecule has 17 heavy (non-hydrogen) atoms. The summed E-state index contributed by atoms with van der Waals surface area (Å²) < 4.78 is 0. The van der Waals surface area contributed by atoms with Crippen LogP contribution in [0.15, 0.2) is 11.6 Å². The Labute approximate surface area is 107 Å². The van der Waals surface area contributed by atoms with Crippen LogP contribution in [0.4, 0.5) is 0 Å². The van der Waals surface area contributed by atoms with Crippen molar-refractivity contribution in [3.63, 3.8) is 0 Å². The van der Waals surface area contributed by atoms with Gasteiger partial charge in [-0.3, -0.25) is 0 Å². The first-order valence-corrected chi connectivity index (χ1v) is 7.42. The highest BCUT2D eigenvalue weighted by atomic mass is 15.1. The van der Waals surface area contributed by atoms with E-state index in [0.717, 1.165) is 6.04 Å². The summed E-state index contributed by atoms with van der Waals surface area (Å²) >= 11 is 0. The summed E-state index contributed by atoms with van der Waals surface area (Å²) in [5, 5.41) is 2.59. The number of hydrogen-bond acceptors (Lipinski definition) is 0. The van der Waals surface area contributed by atoms with Crippen molar-refractivity contribution in [1.29, 1.82) is 0 Å². The molecule has 1 saturated carbocycles. The third-order valence-electron chi connectivity index (χ3n) is 3.59. The molecule has 0 aromatic rings. The smallest absolute Gasteiger partial charge is 0.107 e. The van der Waals surface area contributed by atoms with E-state index in [1.165, 1.54) is 45.2 Å². The third-order valence-corrected chi connectivity index (χ3v) is 3.59. The quantitative estimate of drug-likeness (QED) is 0.501. The van der Waals surface area contributed by atoms with E-state index in [2.05, 4.69) is 39.3 Å². The molecule has 1 rings (SSSR count). The Kier molecular flexibility index (Phi) is 6.83. The van der Waals surface area contributed by atoms with E-state index in [4.69, 9.17) is 0 Å². The molecular weight excluding hydrogens is 208 g/mol. The van der Waals surface area contributed by atoms with Gasteiger partial charge in [-0.15, -0.1) is 0 Å². The van der Waals surface area contributed by atoms with Gasteiger partial charge in [-0.2, -0.15) is 0 Å². The van der Waals surface area contributed by atoms with Crippen LogP contribution in [0.2, 0.25) is 0 Å². The number of quaternary nitrogens is 2. The standard InChI is InChI=1S/C15H30N2/c1-13(2)12-14-8-5-6-9-15(14)16-10-7-11-17(3)4/h12-13,15-16H,5-11H2,1-4H3/p+2/b14-12+/t15-/m0/s1. The van der Waals surface area contributed by atoms with Crippen molar-refractivity contribution in [2.45, 2.75) is 52.0 Å². The molecule has 0 aromatic heterocycles. The molecule has 1 aliphatic rings. The molecule has 0 aliphatic heterocycles. The van der Waals surface area contributed by atoms with Gasteiger partial charge < -0.3 is 10.2 Å². The molecular formula is C15H32N2+2. The maximum atomic E-state index is 2.59. The molecule has 0 spiro atoms. The summed E-state index contributed by atoms with van der Waals surface area (Å²) in [6.07, 6.45) is 9.43. The first-order valence-electron chi connectivity index (χ1n) is 7.42. The highest BCUT2D eigenvalue weighted by Gasteiger charge is 2.21. The van der Waals surface area contributed by atoms with Crippen LogP contribution in [0.1, 0.15) is 46.0 Å². The van der Waals surface area contributed by atoms with Crippen molar-refractivity contribution in [3.05, 3.63) is 11.6 Å². The minimum Gasteiger partial charge on any atom is -0.340 e. The van der Waals surface area contributed by atoms with E-state index < -0.39 is 0 Å². The molecule has 0 bridgehead atoms. The topological polar surface area (TPSA) is 21.1 Å². The maximum Gasteiger partial charge on any atom is 0.107 e. The first kappa shape index (κ1) is 14.7. The molecule has 0 aromatic carbocycles. The first-order chi connectivity index (χ1) is 8.09. The second kappa shape index (κ2) is 7.88. The molecule has 1 aliphatic carbocycles. The van der Waals surface area contributed by atoms with Crippen molar-refractivity contribution in [3.8, 4) is 0 Å². The Morgan fingerprint density at radius 1 is 1.35 bits per heavy atom. The Balaban J connectivity index is 2.33. The van der Waals surface area contributed by atoms with Crippen molar-refractivity contribution in [2.24, 2.45) is 5.92 Å². The van der Waals surface area contributed by atoms with E-state index in [0.29, 0.717) is 5.92 Å². The summed E-state index contributed by atoms with van der Waals surface area (Å²) in [5.41, 5.74) is 1.73. The lowest BCUT2D eigenvalue weighted by Crippen LogP contribution is -3.06. The predicted octanol–water partition coefficient (Wildman–Crippen LogP) is 0.609. The lowest BCUT2D eigenvalue weighted by molar-refractivity contribution is -0.860. The summed E-state index contributed by atoms with van der Waals surface area (Å²) in [4.78, 5) is 1.57. The van der Waals surface area contributed by atoms with E-state index >= 15 is 0 Å². The van der Waals surface area contributed by atoms with Crippen LogP contribution in [0.25, 0.3) is 0 Å². The molecule has 1 atom stereocenters. The SMILES string of the molecule is CC(C)/C=C1\CCCC[C@@H]1[NH2+]CCC[NH+](C)C. The minimum absolute atomic E-state index is 0.713. The fraction of sp³-hybridized carbons (Fsp3) is 0.867. The van der Waals surface area contributed by atoms with Crippen LogP contribution >= 0.6 is 0 Å². The highest BCUT2D eigenvalue weighted by molar-refractivity contribution is 5.10. The zero-order valence-corrected chi connectivity index (χ0v) is 12.3. The van der Waals surface area contributed by atoms with Crippen molar-refractivity contribution < 1.29 is 10.2 Å². The van der Waals surface area contributed by atoms with Gasteiger partial charge in [0.25, 0.3) is 0 Å². The summed E-state index contributed by atoms with van der Waals surface area (Å²) in [6, 6.07) is 0.795. The zero-order valence-electron chi connectivity index (χ0n) is 12.3. The number of rotatable bonds is 6. The lowest BCUT2D eigenvalue weighted by atomic mass is 9.88. The normalized spacial score (nSPS) is 23.9. The van der Waals surface area contributed by atoms with Gasteiger partial charge in [-0.25, -0.2) is 0 Å². The molecule has 0 radical (unpaired) electrons. The lowest BCUT2D eigenvalue weighted by Gasteiger charge is -2.24. The number of nitrogens with two attached hydrogens (primary N) is 1. The monoisotopic (exact) mass is 240 g/mol. The minimum atomic E-state index is 0.713. The Morgan fingerprint density at radius 3 is 2.76 bits per heavy atom. The van der Waals surface area contributed by atoms with Gasteiger partial charge in [-0.05, 0) is 30.8 Å². The summed E-state index contributed by atoms with van der Waals surface area (Å²) in [7, 11) is 4.48. The Morgan fingerprint density at radius 2 is 2.12 bits per heavy atom. The van der Waals surface area contributed by atoms with Gasteiger partial charge in [-0.1, -0.05) is 19.9 Å². The molecule has 2 nitrogen and oxygen atoms in total. The fourth-order valence-corrected chi connectivity index (χ4v) is 2.74. The van der Waals surface area contributed by atoms with Gasteiger partial charge in [0.05, 0.1) is 27.2 Å². The van der Waals surface area contributed by atoms with E-state index in [-0.39, 0.29) is 0 Å². The molecule has 0 heterocycles. The molecule has 0 saturated heterocycles. The summed E-state index contributed by atoms with van der Waals surface area (Å²) in [6.45, 7) is 7.19. The average Bonchev–Trinajstić information content (AvgIpc) is 2.25. The van der Waals surface area contributed by atoms with Crippen LogP contribution < -0.4 is 10.2 Å². The molecule has 0 unspecified atom stereocenters. The van der Waals surface area contributed by atoms with E-state index in [1.54, 1.807) is 10.5 Å². The number of hydrogen-bond donors (Lipinski definition) is 2. The van der Waals surface area contributed by atoms with Crippen molar-refractivity contribution in [2.75, 3.05) is 27.2 Å². The predicted molar refractivity (Wildman–Crippen MR) is 74.3 cm³/mol. The van der Waals surface area contributed by atoms with Crippen molar-refractivity contribution >= 4 is 0 Å². The van der Waals surface area contributed by atoms with E-state index in [9.17, 15) is 0 Å². The molecule has 100 valence electrons. The Hall–Kier alpha value is -0.340. The highest BCUT2D eigenvalue weighted by Crippen LogP contribution is 2.22. The van der Waals surface area contributed by atoms with Crippen LogP contribution in [0.5, 0.6) is 0 Å². The molecule has 1 fully saturated rings. The van der Waals surface area contributed by atoms with Gasteiger partial charge in [0.1, 0.15) is 6.04 Å². The molecule has 2 heteroatoms. The van der Waals surface area contributed by atoms with Gasteiger partial charge in [0.2, 0.25) is 0 Å². The van der Waals surface area contributed by atoms with Crippen molar-refractivity contribution in [1.82, 2.24) is 0 Å². The second-order valence-corrected chi connectivity index (χ2v) is 6.17. The second-order valence-electron chi connectivity index (χ2n) is 6.17. The van der Waals surface area contributed by atoms with Crippen LogP contribution in [0.3, 0.4) is 0 Å². The number of allylic oxidation sites excluding steroid dienone is 1. The average molecular weight is 240 g/mol. The summed E-state index contributed by atoms with van der Waals surface area (Å²) in [5.74, 6) is 0.713. The molecule has 3 N–H and O–H groups in total. The zero-order chi connectivity index (χ0) is 12.7. The Bertz CT molecular complexity index is 231. The third kappa shape index (κ3) is 6.23. The van der Waals surface area contributed by atoms with Crippen LogP contribution in [0, 0.1) is 5.92 Å². The van der Waals surface area contributed by atoms with E-state index in [1.807, 2.05) is 0 Å². The number of nitrogens with one attached hydrogen (secondary N) is 1. The molecule has 0 amide bonds. The van der Waals surface area contributed by atoms with Crippen LogP contribution in [-0.4, -0.2) is 33.2 Å². The van der Waals surface area contributed by atoms with Gasteiger partial charge in [0.15, 0.2) is 0 Å². The maximum absolute atomic E-state index is 2.59. The largest absolute Gasteiger partial charge is 0.340 e. The fourth-order valence-electron chi connectivity index (χ4n) is 2.74. The van der Waals surface area contributed by atoms with Gasteiger partial charge in [0, 0.05) is 12.8 Å². The van der Waals surface area contributed by atoms with Crippen LogP contribution in [-0.2, 0) is 0 Å².